The lowest BCUT2D eigenvalue weighted by atomic mass is 10.3. The molecule has 0 aliphatic carbocycles. The number of rotatable bonds is 5. The third-order valence-corrected chi connectivity index (χ3v) is 3.79. The monoisotopic (exact) mass is 316 g/mol. The van der Waals surface area contributed by atoms with Crippen molar-refractivity contribution in [1.82, 2.24) is 5.32 Å². The minimum atomic E-state index is -0.770. The molecule has 0 bridgehead atoms. The number of hydrogen-bond acceptors (Lipinski definition) is 4. The number of hydrogen-bond donors (Lipinski definition) is 3. The molecule has 0 aliphatic heterocycles. The van der Waals surface area contributed by atoms with Crippen LogP contribution in [0.15, 0.2) is 64.4 Å². The highest BCUT2D eigenvalue weighted by molar-refractivity contribution is 7.99. The highest BCUT2D eigenvalue weighted by atomic mass is 32.2. The Bertz CT molecular complexity index is 647. The Hall–Kier alpha value is -2.31. The molecular weight excluding hydrogens is 300 g/mol. The summed E-state index contributed by atoms with van der Waals surface area (Å²) < 4.78 is 0. The lowest BCUT2D eigenvalue weighted by molar-refractivity contribution is -0.136. The van der Waals surface area contributed by atoms with Gasteiger partial charge in [0.2, 0.25) is 0 Å². The van der Waals surface area contributed by atoms with E-state index >= 15 is 0 Å². The number of aliphatic hydroxyl groups excluding tert-OH is 1. The number of para-hydroxylation sites is 1. The van der Waals surface area contributed by atoms with Crippen LogP contribution in [0.5, 0.6) is 0 Å². The van der Waals surface area contributed by atoms with E-state index in [0.717, 1.165) is 9.79 Å². The van der Waals surface area contributed by atoms with Crippen molar-refractivity contribution in [3.8, 4) is 0 Å². The van der Waals surface area contributed by atoms with E-state index in [9.17, 15) is 9.59 Å². The summed E-state index contributed by atoms with van der Waals surface area (Å²) in [4.78, 5) is 25.2. The van der Waals surface area contributed by atoms with Crippen molar-refractivity contribution < 1.29 is 14.7 Å². The van der Waals surface area contributed by atoms with E-state index in [2.05, 4.69) is 10.6 Å². The predicted octanol–water partition coefficient (Wildman–Crippen LogP) is 1.88. The van der Waals surface area contributed by atoms with Crippen LogP contribution in [0.25, 0.3) is 0 Å². The van der Waals surface area contributed by atoms with Crippen LogP contribution in [0.2, 0.25) is 0 Å². The summed E-state index contributed by atoms with van der Waals surface area (Å²) in [5.41, 5.74) is 0.570. The smallest absolute Gasteiger partial charge is 0.313 e. The maximum atomic E-state index is 11.8. The summed E-state index contributed by atoms with van der Waals surface area (Å²) in [6.07, 6.45) is 0. The molecule has 2 aromatic rings. The summed E-state index contributed by atoms with van der Waals surface area (Å²) >= 11 is 1.50. The van der Waals surface area contributed by atoms with Crippen molar-refractivity contribution in [2.75, 3.05) is 18.5 Å². The molecule has 0 unspecified atom stereocenters. The fourth-order valence-electron chi connectivity index (χ4n) is 1.70. The largest absolute Gasteiger partial charge is 0.395 e. The zero-order valence-corrected chi connectivity index (χ0v) is 12.6. The third-order valence-electron chi connectivity index (χ3n) is 2.71. The first kappa shape index (κ1) is 16.1. The van der Waals surface area contributed by atoms with Gasteiger partial charge in [0.15, 0.2) is 0 Å². The molecule has 22 heavy (non-hydrogen) atoms. The summed E-state index contributed by atoms with van der Waals surface area (Å²) in [5, 5.41) is 13.5. The molecule has 0 heterocycles. The van der Waals surface area contributed by atoms with E-state index in [1.165, 1.54) is 11.8 Å². The van der Waals surface area contributed by atoms with E-state index < -0.39 is 11.8 Å². The number of carbonyl (C=O) groups excluding carboxylic acids is 2. The van der Waals surface area contributed by atoms with Gasteiger partial charge >= 0.3 is 11.8 Å². The second kappa shape index (κ2) is 8.21. The van der Waals surface area contributed by atoms with Crippen molar-refractivity contribution in [3.63, 3.8) is 0 Å². The Kier molecular flexibility index (Phi) is 6.00. The maximum absolute atomic E-state index is 11.8. The number of nitrogens with one attached hydrogen (secondary N) is 2. The first-order valence-electron chi connectivity index (χ1n) is 6.72. The molecule has 0 saturated heterocycles. The van der Waals surface area contributed by atoms with Crippen LogP contribution < -0.4 is 10.6 Å². The number of carbonyl (C=O) groups is 2. The summed E-state index contributed by atoms with van der Waals surface area (Å²) in [6.45, 7) is -0.161. The van der Waals surface area contributed by atoms with Crippen molar-refractivity contribution in [2.24, 2.45) is 0 Å². The standard InChI is InChI=1S/C16H16N2O3S/c19-11-10-17-15(20)16(21)18-13-8-4-5-9-14(13)22-12-6-2-1-3-7-12/h1-9,19H,10-11H2,(H,17,20)(H,18,21). The minimum absolute atomic E-state index is 0.0483. The van der Waals surface area contributed by atoms with Crippen LogP contribution in [-0.2, 0) is 9.59 Å². The first-order chi connectivity index (χ1) is 10.7. The molecule has 2 rings (SSSR count). The number of amides is 2. The number of anilines is 1. The normalized spacial score (nSPS) is 10.0. The molecule has 0 atom stereocenters. The zero-order chi connectivity index (χ0) is 15.8. The van der Waals surface area contributed by atoms with Gasteiger partial charge in [-0.1, -0.05) is 42.1 Å². The van der Waals surface area contributed by atoms with Crippen LogP contribution in [0, 0.1) is 0 Å². The van der Waals surface area contributed by atoms with Gasteiger partial charge in [-0.05, 0) is 24.3 Å². The molecule has 6 heteroatoms. The summed E-state index contributed by atoms with van der Waals surface area (Å²) in [7, 11) is 0. The van der Waals surface area contributed by atoms with Crippen LogP contribution >= 0.6 is 11.8 Å². The van der Waals surface area contributed by atoms with Gasteiger partial charge in [0.25, 0.3) is 0 Å². The Labute approximate surface area is 132 Å². The molecular formula is C16H16N2O3S. The Morgan fingerprint density at radius 2 is 1.64 bits per heavy atom. The van der Waals surface area contributed by atoms with E-state index in [0.29, 0.717) is 5.69 Å². The topological polar surface area (TPSA) is 78.4 Å². The zero-order valence-electron chi connectivity index (χ0n) is 11.8. The van der Waals surface area contributed by atoms with E-state index in [-0.39, 0.29) is 13.2 Å². The van der Waals surface area contributed by atoms with E-state index in [1.807, 2.05) is 42.5 Å². The SMILES string of the molecule is O=C(NCCO)C(=O)Nc1ccccc1Sc1ccccc1. The molecule has 3 N–H and O–H groups in total. The Morgan fingerprint density at radius 3 is 2.36 bits per heavy atom. The lowest BCUT2D eigenvalue weighted by Crippen LogP contribution is -2.36. The van der Waals surface area contributed by atoms with Crippen LogP contribution in [0.3, 0.4) is 0 Å². The molecule has 114 valence electrons. The van der Waals surface area contributed by atoms with Crippen molar-refractivity contribution in [3.05, 3.63) is 54.6 Å². The van der Waals surface area contributed by atoms with Gasteiger partial charge in [-0.3, -0.25) is 9.59 Å². The minimum Gasteiger partial charge on any atom is -0.395 e. The molecule has 2 amide bonds. The van der Waals surface area contributed by atoms with Crippen LogP contribution in [0.1, 0.15) is 0 Å². The highest BCUT2D eigenvalue weighted by Gasteiger charge is 2.14. The average Bonchev–Trinajstić information content (AvgIpc) is 2.55. The quantitative estimate of drug-likeness (QED) is 0.736. The number of benzene rings is 2. The second-order valence-electron chi connectivity index (χ2n) is 4.34. The lowest BCUT2D eigenvalue weighted by Gasteiger charge is -2.10. The van der Waals surface area contributed by atoms with Gasteiger partial charge in [0.1, 0.15) is 0 Å². The van der Waals surface area contributed by atoms with Crippen molar-refractivity contribution in [1.29, 1.82) is 0 Å². The van der Waals surface area contributed by atoms with Gasteiger partial charge in [-0.25, -0.2) is 0 Å². The fraction of sp³-hybridized carbons (Fsp3) is 0.125. The molecule has 0 radical (unpaired) electrons. The Morgan fingerprint density at radius 1 is 0.955 bits per heavy atom. The van der Waals surface area contributed by atoms with Gasteiger partial charge < -0.3 is 15.7 Å². The Balaban J connectivity index is 2.08. The van der Waals surface area contributed by atoms with Crippen LogP contribution in [-0.4, -0.2) is 30.1 Å². The van der Waals surface area contributed by atoms with E-state index in [4.69, 9.17) is 5.11 Å². The summed E-state index contributed by atoms with van der Waals surface area (Å²) in [6, 6.07) is 17.0. The van der Waals surface area contributed by atoms with E-state index in [1.54, 1.807) is 12.1 Å². The molecule has 5 nitrogen and oxygen atoms in total. The van der Waals surface area contributed by atoms with Crippen LogP contribution in [0.4, 0.5) is 5.69 Å². The molecule has 0 fully saturated rings. The average molecular weight is 316 g/mol. The van der Waals surface area contributed by atoms with Crippen molar-refractivity contribution in [2.45, 2.75) is 9.79 Å². The summed E-state index contributed by atoms with van der Waals surface area (Å²) in [5.74, 6) is -1.52. The maximum Gasteiger partial charge on any atom is 0.313 e. The molecule has 0 aromatic heterocycles. The van der Waals surface area contributed by atoms with Gasteiger partial charge in [0, 0.05) is 16.3 Å². The molecule has 2 aromatic carbocycles. The predicted molar refractivity (Wildman–Crippen MR) is 85.7 cm³/mol. The fourth-order valence-corrected chi connectivity index (χ4v) is 2.63. The molecule has 0 saturated carbocycles. The third kappa shape index (κ3) is 4.61. The molecule has 0 spiro atoms. The molecule has 0 aliphatic rings. The first-order valence-corrected chi connectivity index (χ1v) is 7.54. The van der Waals surface area contributed by atoms with Gasteiger partial charge in [-0.2, -0.15) is 0 Å². The second-order valence-corrected chi connectivity index (χ2v) is 5.46. The van der Waals surface area contributed by atoms with Gasteiger partial charge in [0.05, 0.1) is 12.3 Å². The van der Waals surface area contributed by atoms with Crippen molar-refractivity contribution >= 4 is 29.3 Å². The van der Waals surface area contributed by atoms with Gasteiger partial charge in [-0.15, -0.1) is 0 Å². The number of aliphatic hydroxyl groups is 1. The highest BCUT2D eigenvalue weighted by Crippen LogP contribution is 2.33.